The number of hydrogen-bond donors (Lipinski definition) is 2. The van der Waals surface area contributed by atoms with Crippen molar-refractivity contribution >= 4 is 23.2 Å². The largest absolute Gasteiger partial charge is 0.504 e. The molecule has 0 saturated heterocycles. The van der Waals surface area contributed by atoms with E-state index < -0.39 is 0 Å². The van der Waals surface area contributed by atoms with Gasteiger partial charge in [-0.1, -0.05) is 29.8 Å². The van der Waals surface area contributed by atoms with Crippen LogP contribution in [0.15, 0.2) is 48.5 Å². The molecule has 0 bridgehead atoms. The van der Waals surface area contributed by atoms with Gasteiger partial charge in [0.1, 0.15) is 0 Å². The molecule has 0 aliphatic carbocycles. The van der Waals surface area contributed by atoms with Gasteiger partial charge in [0, 0.05) is 10.7 Å². The number of halogens is 1. The predicted octanol–water partition coefficient (Wildman–Crippen LogP) is 3.06. The normalized spacial score (nSPS) is 9.95. The van der Waals surface area contributed by atoms with Gasteiger partial charge in [0.25, 0.3) is 5.91 Å². The molecule has 0 atom stereocenters. The Morgan fingerprint density at radius 2 is 2.00 bits per heavy atom. The van der Waals surface area contributed by atoms with Crippen LogP contribution in [0.4, 0.5) is 5.69 Å². The SMILES string of the molecule is O=C(COc1ccccc1O)Nc1cccc(Cl)c1. The average Bonchev–Trinajstić information content (AvgIpc) is 2.38. The van der Waals surface area contributed by atoms with Gasteiger partial charge < -0.3 is 15.2 Å². The Morgan fingerprint density at radius 3 is 2.74 bits per heavy atom. The molecule has 0 spiro atoms. The minimum atomic E-state index is -0.328. The molecule has 0 saturated carbocycles. The second-order valence-corrected chi connectivity index (χ2v) is 4.25. The van der Waals surface area contributed by atoms with E-state index in [1.807, 2.05) is 0 Å². The van der Waals surface area contributed by atoms with Crippen LogP contribution in [-0.2, 0) is 4.79 Å². The summed E-state index contributed by atoms with van der Waals surface area (Å²) < 4.78 is 5.21. The number of benzene rings is 2. The third-order valence-electron chi connectivity index (χ3n) is 2.33. The molecule has 2 rings (SSSR count). The third kappa shape index (κ3) is 3.89. The Bertz CT molecular complexity index is 586. The van der Waals surface area contributed by atoms with Gasteiger partial charge in [-0.25, -0.2) is 0 Å². The van der Waals surface area contributed by atoms with Gasteiger partial charge in [-0.2, -0.15) is 0 Å². The van der Waals surface area contributed by atoms with Crippen molar-refractivity contribution in [2.75, 3.05) is 11.9 Å². The fourth-order valence-corrected chi connectivity index (χ4v) is 1.68. The molecule has 0 aliphatic heterocycles. The van der Waals surface area contributed by atoms with Crippen molar-refractivity contribution in [1.82, 2.24) is 0 Å². The highest BCUT2D eigenvalue weighted by Crippen LogP contribution is 2.24. The van der Waals surface area contributed by atoms with E-state index in [9.17, 15) is 9.90 Å². The summed E-state index contributed by atoms with van der Waals surface area (Å²) in [6.07, 6.45) is 0. The van der Waals surface area contributed by atoms with Crippen LogP contribution in [0, 0.1) is 0 Å². The number of aromatic hydroxyl groups is 1. The van der Waals surface area contributed by atoms with Crippen LogP contribution < -0.4 is 10.1 Å². The van der Waals surface area contributed by atoms with Crippen molar-refractivity contribution in [3.05, 3.63) is 53.6 Å². The highest BCUT2D eigenvalue weighted by molar-refractivity contribution is 6.30. The summed E-state index contributed by atoms with van der Waals surface area (Å²) in [6, 6.07) is 13.3. The van der Waals surface area contributed by atoms with E-state index in [2.05, 4.69) is 5.32 Å². The smallest absolute Gasteiger partial charge is 0.262 e. The van der Waals surface area contributed by atoms with Crippen molar-refractivity contribution in [3.8, 4) is 11.5 Å². The fourth-order valence-electron chi connectivity index (χ4n) is 1.49. The maximum atomic E-state index is 11.6. The highest BCUT2D eigenvalue weighted by Gasteiger charge is 2.06. The molecule has 2 aromatic carbocycles. The lowest BCUT2D eigenvalue weighted by atomic mass is 10.3. The molecule has 2 aromatic rings. The predicted molar refractivity (Wildman–Crippen MR) is 73.7 cm³/mol. The quantitative estimate of drug-likeness (QED) is 0.903. The Hall–Kier alpha value is -2.20. The molecule has 0 heterocycles. The van der Waals surface area contributed by atoms with Crippen LogP contribution in [-0.4, -0.2) is 17.6 Å². The standard InChI is InChI=1S/C14H12ClNO3/c15-10-4-3-5-11(8-10)16-14(18)9-19-13-7-2-1-6-12(13)17/h1-8,17H,9H2,(H,16,18). The number of phenolic OH excluding ortho intramolecular Hbond substituents is 1. The number of carbonyl (C=O) groups is 1. The van der Waals surface area contributed by atoms with Crippen molar-refractivity contribution in [2.24, 2.45) is 0 Å². The van der Waals surface area contributed by atoms with E-state index in [-0.39, 0.29) is 24.0 Å². The van der Waals surface area contributed by atoms with E-state index >= 15 is 0 Å². The number of nitrogens with one attached hydrogen (secondary N) is 1. The highest BCUT2D eigenvalue weighted by atomic mass is 35.5. The molecule has 0 radical (unpaired) electrons. The Balaban J connectivity index is 1.90. The molecule has 0 aromatic heterocycles. The van der Waals surface area contributed by atoms with Crippen molar-refractivity contribution in [1.29, 1.82) is 0 Å². The number of ether oxygens (including phenoxy) is 1. The number of hydrogen-bond acceptors (Lipinski definition) is 3. The maximum absolute atomic E-state index is 11.6. The molecule has 98 valence electrons. The number of phenols is 1. The van der Waals surface area contributed by atoms with Crippen LogP contribution in [0.25, 0.3) is 0 Å². The van der Waals surface area contributed by atoms with Gasteiger partial charge in [0.15, 0.2) is 18.1 Å². The van der Waals surface area contributed by atoms with Gasteiger partial charge in [0.2, 0.25) is 0 Å². The molecule has 19 heavy (non-hydrogen) atoms. The summed E-state index contributed by atoms with van der Waals surface area (Å²) in [7, 11) is 0. The minimum absolute atomic E-state index is 0.00180. The maximum Gasteiger partial charge on any atom is 0.262 e. The summed E-state index contributed by atoms with van der Waals surface area (Å²) in [5.41, 5.74) is 0.596. The summed E-state index contributed by atoms with van der Waals surface area (Å²) >= 11 is 5.81. The van der Waals surface area contributed by atoms with E-state index in [0.717, 1.165) is 0 Å². The Kier molecular flexibility index (Phi) is 4.26. The average molecular weight is 278 g/mol. The lowest BCUT2D eigenvalue weighted by molar-refractivity contribution is -0.118. The van der Waals surface area contributed by atoms with Crippen LogP contribution in [0.1, 0.15) is 0 Å². The van der Waals surface area contributed by atoms with Gasteiger partial charge in [-0.15, -0.1) is 0 Å². The summed E-state index contributed by atoms with van der Waals surface area (Å²) in [6.45, 7) is -0.190. The van der Waals surface area contributed by atoms with Gasteiger partial charge in [-0.05, 0) is 30.3 Å². The fraction of sp³-hybridized carbons (Fsp3) is 0.0714. The van der Waals surface area contributed by atoms with Gasteiger partial charge >= 0.3 is 0 Å². The Labute approximate surface area is 115 Å². The number of para-hydroxylation sites is 2. The topological polar surface area (TPSA) is 58.6 Å². The van der Waals surface area contributed by atoms with E-state index in [4.69, 9.17) is 16.3 Å². The van der Waals surface area contributed by atoms with E-state index in [1.165, 1.54) is 6.07 Å². The van der Waals surface area contributed by atoms with Crippen LogP contribution in [0.2, 0.25) is 5.02 Å². The lowest BCUT2D eigenvalue weighted by Crippen LogP contribution is -2.20. The summed E-state index contributed by atoms with van der Waals surface area (Å²) in [4.78, 5) is 11.6. The zero-order chi connectivity index (χ0) is 13.7. The van der Waals surface area contributed by atoms with Gasteiger partial charge in [0.05, 0.1) is 0 Å². The first-order chi connectivity index (χ1) is 9.15. The molecular formula is C14H12ClNO3. The van der Waals surface area contributed by atoms with Crippen LogP contribution in [0.5, 0.6) is 11.5 Å². The van der Waals surface area contributed by atoms with Crippen LogP contribution in [0.3, 0.4) is 0 Å². The zero-order valence-corrected chi connectivity index (χ0v) is 10.7. The molecule has 0 aliphatic rings. The van der Waals surface area contributed by atoms with Crippen molar-refractivity contribution in [3.63, 3.8) is 0 Å². The summed E-state index contributed by atoms with van der Waals surface area (Å²) in [5, 5.41) is 12.7. The van der Waals surface area contributed by atoms with Crippen molar-refractivity contribution < 1.29 is 14.6 Å². The van der Waals surface area contributed by atoms with E-state index in [0.29, 0.717) is 10.7 Å². The second-order valence-electron chi connectivity index (χ2n) is 3.81. The Morgan fingerprint density at radius 1 is 1.21 bits per heavy atom. The lowest BCUT2D eigenvalue weighted by Gasteiger charge is -2.08. The second kappa shape index (κ2) is 6.11. The van der Waals surface area contributed by atoms with Crippen molar-refractivity contribution in [2.45, 2.75) is 0 Å². The molecule has 4 nitrogen and oxygen atoms in total. The molecule has 2 N–H and O–H groups in total. The first kappa shape index (κ1) is 13.2. The molecule has 0 fully saturated rings. The first-order valence-corrected chi connectivity index (χ1v) is 5.99. The van der Waals surface area contributed by atoms with E-state index in [1.54, 1.807) is 42.5 Å². The number of carbonyl (C=O) groups excluding carboxylic acids is 1. The molecule has 5 heteroatoms. The zero-order valence-electron chi connectivity index (χ0n) is 9.97. The minimum Gasteiger partial charge on any atom is -0.504 e. The van der Waals surface area contributed by atoms with Crippen LogP contribution >= 0.6 is 11.6 Å². The number of rotatable bonds is 4. The third-order valence-corrected chi connectivity index (χ3v) is 2.57. The molecular weight excluding hydrogens is 266 g/mol. The first-order valence-electron chi connectivity index (χ1n) is 5.61. The molecule has 0 unspecified atom stereocenters. The number of anilines is 1. The number of amides is 1. The summed E-state index contributed by atoms with van der Waals surface area (Å²) in [5.74, 6) is -0.0627. The molecule has 1 amide bonds. The van der Waals surface area contributed by atoms with Gasteiger partial charge in [-0.3, -0.25) is 4.79 Å². The monoisotopic (exact) mass is 277 g/mol.